The molecule has 2 unspecified atom stereocenters. The number of rotatable bonds is 0. The second-order valence-corrected chi connectivity index (χ2v) is 5.55. The van der Waals surface area contributed by atoms with Crippen LogP contribution in [-0.4, -0.2) is 16.2 Å². The molecule has 4 aliphatic carbocycles. The first-order chi connectivity index (χ1) is 5.57. The molecular formula is C10H18ClNO. The smallest absolute Gasteiger partial charge is 0.0670 e. The highest BCUT2D eigenvalue weighted by molar-refractivity contribution is 5.85. The lowest BCUT2D eigenvalue weighted by molar-refractivity contribution is -0.133. The van der Waals surface area contributed by atoms with Gasteiger partial charge in [0, 0.05) is 5.54 Å². The monoisotopic (exact) mass is 203 g/mol. The third kappa shape index (κ3) is 1.39. The van der Waals surface area contributed by atoms with Gasteiger partial charge in [0.1, 0.15) is 0 Å². The Morgan fingerprint density at radius 1 is 1.08 bits per heavy atom. The Morgan fingerprint density at radius 3 is 2.00 bits per heavy atom. The van der Waals surface area contributed by atoms with E-state index in [4.69, 9.17) is 5.73 Å². The van der Waals surface area contributed by atoms with E-state index in [1.165, 1.54) is 19.3 Å². The molecule has 4 fully saturated rings. The molecule has 3 heteroatoms. The SMILES string of the molecule is Cl.NC12CC3CC(C1)CC(O)(C3)C2. The Labute approximate surface area is 85.3 Å². The van der Waals surface area contributed by atoms with Gasteiger partial charge in [0.2, 0.25) is 0 Å². The van der Waals surface area contributed by atoms with Crippen LogP contribution in [0.2, 0.25) is 0 Å². The first-order valence-corrected chi connectivity index (χ1v) is 5.08. The normalized spacial score (nSPS) is 57.7. The van der Waals surface area contributed by atoms with Gasteiger partial charge in [-0.3, -0.25) is 0 Å². The molecule has 2 atom stereocenters. The minimum atomic E-state index is -0.362. The fourth-order valence-electron chi connectivity index (χ4n) is 4.28. The average molecular weight is 204 g/mol. The van der Waals surface area contributed by atoms with E-state index in [0.29, 0.717) is 0 Å². The topological polar surface area (TPSA) is 46.2 Å². The summed E-state index contributed by atoms with van der Waals surface area (Å²) in [5, 5.41) is 10.2. The second-order valence-electron chi connectivity index (χ2n) is 5.55. The van der Waals surface area contributed by atoms with E-state index in [1.54, 1.807) is 0 Å². The molecule has 76 valence electrons. The third-order valence-electron chi connectivity index (χ3n) is 4.08. The fraction of sp³-hybridized carbons (Fsp3) is 1.00. The van der Waals surface area contributed by atoms with E-state index < -0.39 is 0 Å². The van der Waals surface area contributed by atoms with Gasteiger partial charge in [0.15, 0.2) is 0 Å². The van der Waals surface area contributed by atoms with Crippen molar-refractivity contribution < 1.29 is 5.11 Å². The van der Waals surface area contributed by atoms with Crippen molar-refractivity contribution in [3.63, 3.8) is 0 Å². The average Bonchev–Trinajstić information content (AvgIpc) is 1.75. The number of hydrogen-bond donors (Lipinski definition) is 2. The molecule has 0 aliphatic heterocycles. The molecule has 4 rings (SSSR count). The van der Waals surface area contributed by atoms with Gasteiger partial charge in [0.05, 0.1) is 5.60 Å². The van der Waals surface area contributed by atoms with Gasteiger partial charge in [-0.05, 0) is 50.4 Å². The Kier molecular flexibility index (Phi) is 1.96. The lowest BCUT2D eigenvalue weighted by Crippen LogP contribution is -2.62. The van der Waals surface area contributed by atoms with Gasteiger partial charge in [0.25, 0.3) is 0 Å². The Bertz CT molecular complexity index is 197. The zero-order valence-electron chi connectivity index (χ0n) is 7.83. The zero-order chi connectivity index (χ0) is 8.40. The molecule has 13 heavy (non-hydrogen) atoms. The van der Waals surface area contributed by atoms with Crippen molar-refractivity contribution in [2.24, 2.45) is 17.6 Å². The van der Waals surface area contributed by atoms with Gasteiger partial charge in [-0.2, -0.15) is 0 Å². The maximum Gasteiger partial charge on any atom is 0.0670 e. The number of aliphatic hydroxyl groups is 1. The van der Waals surface area contributed by atoms with Crippen LogP contribution in [0.3, 0.4) is 0 Å². The van der Waals surface area contributed by atoms with Crippen molar-refractivity contribution in [2.45, 2.75) is 49.7 Å². The van der Waals surface area contributed by atoms with Crippen molar-refractivity contribution in [1.82, 2.24) is 0 Å². The summed E-state index contributed by atoms with van der Waals surface area (Å²) in [7, 11) is 0. The summed E-state index contributed by atoms with van der Waals surface area (Å²) >= 11 is 0. The standard InChI is InChI=1S/C10H17NO.ClH/c11-9-2-7-1-8(3-9)5-10(12,4-7)6-9;/h7-8,12H,1-6,11H2;1H. The van der Waals surface area contributed by atoms with Crippen molar-refractivity contribution in [2.75, 3.05) is 0 Å². The summed E-state index contributed by atoms with van der Waals surface area (Å²) < 4.78 is 0. The van der Waals surface area contributed by atoms with Crippen LogP contribution in [0.25, 0.3) is 0 Å². The Hall–Kier alpha value is 0.210. The molecule has 0 spiro atoms. The molecule has 0 heterocycles. The quantitative estimate of drug-likeness (QED) is 0.626. The molecule has 3 N–H and O–H groups in total. The first-order valence-electron chi connectivity index (χ1n) is 5.08. The predicted octanol–water partition coefficient (Wildman–Crippen LogP) is 1.45. The Morgan fingerprint density at radius 2 is 1.62 bits per heavy atom. The highest BCUT2D eigenvalue weighted by Gasteiger charge is 2.55. The number of halogens is 1. The van der Waals surface area contributed by atoms with Crippen LogP contribution in [-0.2, 0) is 0 Å². The minimum absolute atomic E-state index is 0. The predicted molar refractivity (Wildman–Crippen MR) is 53.8 cm³/mol. The van der Waals surface area contributed by atoms with E-state index in [1.807, 2.05) is 0 Å². The Balaban J connectivity index is 0.000000653. The zero-order valence-corrected chi connectivity index (χ0v) is 8.65. The second kappa shape index (κ2) is 2.62. The number of nitrogens with two attached hydrogens (primary N) is 1. The summed E-state index contributed by atoms with van der Waals surface area (Å²) in [6.45, 7) is 0. The highest BCUT2D eigenvalue weighted by Crippen LogP contribution is 2.56. The molecule has 4 bridgehead atoms. The molecule has 0 aromatic carbocycles. The van der Waals surface area contributed by atoms with E-state index in [2.05, 4.69) is 0 Å². The summed E-state index contributed by atoms with van der Waals surface area (Å²) in [5.74, 6) is 1.47. The molecule has 0 saturated heterocycles. The van der Waals surface area contributed by atoms with Crippen LogP contribution in [0, 0.1) is 11.8 Å². The lowest BCUT2D eigenvalue weighted by atomic mass is 9.51. The van der Waals surface area contributed by atoms with Crippen molar-refractivity contribution in [3.8, 4) is 0 Å². The molecule has 0 radical (unpaired) electrons. The maximum absolute atomic E-state index is 10.2. The molecule has 4 saturated carbocycles. The summed E-state index contributed by atoms with van der Waals surface area (Å²) in [4.78, 5) is 0. The first kappa shape index (κ1) is 9.75. The van der Waals surface area contributed by atoms with Gasteiger partial charge in [-0.1, -0.05) is 0 Å². The van der Waals surface area contributed by atoms with Crippen LogP contribution < -0.4 is 5.73 Å². The van der Waals surface area contributed by atoms with Crippen LogP contribution in [0.15, 0.2) is 0 Å². The van der Waals surface area contributed by atoms with Crippen LogP contribution >= 0.6 is 12.4 Å². The van der Waals surface area contributed by atoms with E-state index in [-0.39, 0.29) is 23.5 Å². The third-order valence-corrected chi connectivity index (χ3v) is 4.08. The van der Waals surface area contributed by atoms with Crippen LogP contribution in [0.1, 0.15) is 38.5 Å². The molecular weight excluding hydrogens is 186 g/mol. The van der Waals surface area contributed by atoms with E-state index in [0.717, 1.165) is 31.1 Å². The van der Waals surface area contributed by atoms with Gasteiger partial charge < -0.3 is 10.8 Å². The maximum atomic E-state index is 10.2. The minimum Gasteiger partial charge on any atom is -0.390 e. The van der Waals surface area contributed by atoms with Gasteiger partial charge in [-0.15, -0.1) is 12.4 Å². The van der Waals surface area contributed by atoms with Crippen molar-refractivity contribution >= 4 is 12.4 Å². The number of hydrogen-bond acceptors (Lipinski definition) is 2. The summed E-state index contributed by atoms with van der Waals surface area (Å²) in [6.07, 6.45) is 6.61. The lowest BCUT2D eigenvalue weighted by Gasteiger charge is -2.58. The van der Waals surface area contributed by atoms with Gasteiger partial charge in [-0.25, -0.2) is 0 Å². The van der Waals surface area contributed by atoms with Crippen LogP contribution in [0.4, 0.5) is 0 Å². The largest absolute Gasteiger partial charge is 0.390 e. The van der Waals surface area contributed by atoms with Gasteiger partial charge >= 0.3 is 0 Å². The fourth-order valence-corrected chi connectivity index (χ4v) is 4.28. The molecule has 4 aliphatic rings. The molecule has 2 nitrogen and oxygen atoms in total. The van der Waals surface area contributed by atoms with Crippen molar-refractivity contribution in [1.29, 1.82) is 0 Å². The van der Waals surface area contributed by atoms with Crippen molar-refractivity contribution in [3.05, 3.63) is 0 Å². The van der Waals surface area contributed by atoms with Crippen LogP contribution in [0.5, 0.6) is 0 Å². The van der Waals surface area contributed by atoms with E-state index >= 15 is 0 Å². The molecule has 0 aromatic heterocycles. The summed E-state index contributed by atoms with van der Waals surface area (Å²) in [5.41, 5.74) is 5.90. The van der Waals surface area contributed by atoms with E-state index in [9.17, 15) is 5.11 Å². The molecule has 0 aromatic rings. The molecule has 0 amide bonds. The summed E-state index contributed by atoms with van der Waals surface area (Å²) in [6, 6.07) is 0. The highest BCUT2D eigenvalue weighted by atomic mass is 35.5.